The Morgan fingerprint density at radius 2 is 1.93 bits per heavy atom. The lowest BCUT2D eigenvalue weighted by Crippen LogP contribution is -2.19. The van der Waals surface area contributed by atoms with Crippen LogP contribution in [0.15, 0.2) is 76.9 Å². The summed E-state index contributed by atoms with van der Waals surface area (Å²) in [6.45, 7) is 10.8. The SMILES string of the molecule is CC(C=CC1=C(C)CCCC1(C)C)=CC=CC(C)=CC(=O)Nc1ccc(O)cc1Cl. The van der Waals surface area contributed by atoms with Crippen molar-refractivity contribution in [2.75, 3.05) is 5.32 Å². The standard InChI is InChI=1S/C26H32ClNO2/c1-18(11-13-22-20(3)10-7-15-26(22,4)5)8-6-9-19(2)16-25(30)28-24-14-12-21(29)17-23(24)27/h6,8-9,11-14,16-17,29H,7,10,15H2,1-5H3,(H,28,30). The van der Waals surface area contributed by atoms with Crippen molar-refractivity contribution in [1.82, 2.24) is 0 Å². The van der Waals surface area contributed by atoms with Gasteiger partial charge in [-0.15, -0.1) is 0 Å². The van der Waals surface area contributed by atoms with E-state index < -0.39 is 0 Å². The number of carbonyl (C=O) groups is 1. The number of phenols is 1. The summed E-state index contributed by atoms with van der Waals surface area (Å²) in [6, 6.07) is 4.43. The van der Waals surface area contributed by atoms with Crippen molar-refractivity contribution in [3.8, 4) is 5.75 Å². The molecular weight excluding hydrogens is 394 g/mol. The van der Waals surface area contributed by atoms with E-state index in [1.54, 1.807) is 6.07 Å². The van der Waals surface area contributed by atoms with E-state index in [2.05, 4.69) is 45.2 Å². The summed E-state index contributed by atoms with van der Waals surface area (Å²) in [5, 5.41) is 12.4. The molecule has 0 saturated heterocycles. The Morgan fingerprint density at radius 1 is 1.20 bits per heavy atom. The Labute approximate surface area is 185 Å². The number of rotatable bonds is 6. The van der Waals surface area contributed by atoms with Crippen molar-refractivity contribution in [3.63, 3.8) is 0 Å². The summed E-state index contributed by atoms with van der Waals surface area (Å²) >= 11 is 6.01. The molecule has 0 heterocycles. The molecule has 1 aromatic carbocycles. The van der Waals surface area contributed by atoms with E-state index >= 15 is 0 Å². The number of phenolic OH excluding ortho intramolecular Hbond substituents is 1. The maximum atomic E-state index is 12.2. The molecule has 0 fully saturated rings. The highest BCUT2D eigenvalue weighted by atomic mass is 35.5. The number of anilines is 1. The first-order chi connectivity index (χ1) is 14.1. The minimum atomic E-state index is -0.271. The van der Waals surface area contributed by atoms with Crippen molar-refractivity contribution >= 4 is 23.2 Å². The van der Waals surface area contributed by atoms with Gasteiger partial charge in [0.05, 0.1) is 10.7 Å². The van der Waals surface area contributed by atoms with Gasteiger partial charge in [-0.25, -0.2) is 0 Å². The molecule has 0 aliphatic heterocycles. The van der Waals surface area contributed by atoms with Gasteiger partial charge in [0.15, 0.2) is 0 Å². The average Bonchev–Trinajstić information content (AvgIpc) is 2.63. The molecule has 4 heteroatoms. The first-order valence-corrected chi connectivity index (χ1v) is 10.7. The largest absolute Gasteiger partial charge is 0.508 e. The van der Waals surface area contributed by atoms with Crippen LogP contribution in [0.4, 0.5) is 5.69 Å². The van der Waals surface area contributed by atoms with Crippen molar-refractivity contribution in [2.24, 2.45) is 5.41 Å². The normalized spacial score (nSPS) is 17.8. The predicted molar refractivity (Wildman–Crippen MR) is 128 cm³/mol. The van der Waals surface area contributed by atoms with Crippen molar-refractivity contribution in [3.05, 3.63) is 82.0 Å². The monoisotopic (exact) mass is 425 g/mol. The van der Waals surface area contributed by atoms with Gasteiger partial charge in [0.2, 0.25) is 5.91 Å². The van der Waals surface area contributed by atoms with Crippen LogP contribution >= 0.6 is 11.6 Å². The number of allylic oxidation sites excluding steroid dienone is 9. The predicted octanol–water partition coefficient (Wildman–Crippen LogP) is 7.52. The van der Waals surface area contributed by atoms with E-state index in [1.165, 1.54) is 48.6 Å². The molecule has 1 aliphatic carbocycles. The van der Waals surface area contributed by atoms with Gasteiger partial charge in [-0.3, -0.25) is 4.79 Å². The average molecular weight is 426 g/mol. The number of amides is 1. The van der Waals surface area contributed by atoms with Crippen LogP contribution in [-0.2, 0) is 4.79 Å². The number of benzene rings is 1. The topological polar surface area (TPSA) is 49.3 Å². The maximum Gasteiger partial charge on any atom is 0.248 e. The summed E-state index contributed by atoms with van der Waals surface area (Å²) in [7, 11) is 0. The van der Waals surface area contributed by atoms with Crippen LogP contribution in [0.2, 0.25) is 5.02 Å². The molecule has 0 saturated carbocycles. The number of halogens is 1. The molecule has 160 valence electrons. The Bertz CT molecular complexity index is 946. The second-order valence-electron chi connectivity index (χ2n) is 8.58. The van der Waals surface area contributed by atoms with E-state index in [0.717, 1.165) is 11.1 Å². The molecular formula is C26H32ClNO2. The number of aromatic hydroxyl groups is 1. The molecule has 1 aliphatic rings. The third kappa shape index (κ3) is 7.07. The van der Waals surface area contributed by atoms with Crippen LogP contribution < -0.4 is 5.32 Å². The highest BCUT2D eigenvalue weighted by Crippen LogP contribution is 2.40. The minimum Gasteiger partial charge on any atom is -0.508 e. The van der Waals surface area contributed by atoms with Gasteiger partial charge < -0.3 is 10.4 Å². The summed E-state index contributed by atoms with van der Waals surface area (Å²) in [6.07, 6.45) is 15.5. The second-order valence-corrected chi connectivity index (χ2v) is 8.98. The van der Waals surface area contributed by atoms with Gasteiger partial charge in [-0.2, -0.15) is 0 Å². The van der Waals surface area contributed by atoms with Crippen LogP contribution in [0.3, 0.4) is 0 Å². The molecule has 0 bridgehead atoms. The molecule has 30 heavy (non-hydrogen) atoms. The van der Waals surface area contributed by atoms with Crippen LogP contribution in [0.5, 0.6) is 5.75 Å². The van der Waals surface area contributed by atoms with E-state index in [-0.39, 0.29) is 17.1 Å². The van der Waals surface area contributed by atoms with E-state index in [4.69, 9.17) is 11.6 Å². The molecule has 1 amide bonds. The Kier molecular flexibility index (Phi) is 8.31. The first kappa shape index (κ1) is 23.8. The fourth-order valence-electron chi connectivity index (χ4n) is 3.66. The van der Waals surface area contributed by atoms with Crippen LogP contribution in [0, 0.1) is 5.41 Å². The molecule has 3 nitrogen and oxygen atoms in total. The van der Waals surface area contributed by atoms with Crippen molar-refractivity contribution < 1.29 is 9.90 Å². The lowest BCUT2D eigenvalue weighted by atomic mass is 9.72. The zero-order valence-corrected chi connectivity index (χ0v) is 19.3. The second kappa shape index (κ2) is 10.5. The van der Waals surface area contributed by atoms with Crippen LogP contribution in [0.25, 0.3) is 0 Å². The number of hydrogen-bond donors (Lipinski definition) is 2. The zero-order chi connectivity index (χ0) is 22.3. The zero-order valence-electron chi connectivity index (χ0n) is 18.6. The molecule has 0 spiro atoms. The smallest absolute Gasteiger partial charge is 0.248 e. The molecule has 0 atom stereocenters. The Balaban J connectivity index is 1.98. The van der Waals surface area contributed by atoms with Gasteiger partial charge in [0, 0.05) is 12.1 Å². The quantitative estimate of drug-likeness (QED) is 0.281. The van der Waals surface area contributed by atoms with Crippen LogP contribution in [0.1, 0.15) is 53.9 Å². The highest BCUT2D eigenvalue weighted by molar-refractivity contribution is 6.34. The molecule has 0 unspecified atom stereocenters. The van der Waals surface area contributed by atoms with E-state index in [9.17, 15) is 9.90 Å². The van der Waals surface area contributed by atoms with Gasteiger partial charge >= 0.3 is 0 Å². The fraction of sp³-hybridized carbons (Fsp3) is 0.346. The summed E-state index contributed by atoms with van der Waals surface area (Å²) in [5.74, 6) is -0.213. The molecule has 2 N–H and O–H groups in total. The number of carbonyl (C=O) groups excluding carboxylic acids is 1. The highest BCUT2D eigenvalue weighted by Gasteiger charge is 2.26. The number of hydrogen-bond acceptors (Lipinski definition) is 2. The maximum absolute atomic E-state index is 12.2. The van der Waals surface area contributed by atoms with Crippen LogP contribution in [-0.4, -0.2) is 11.0 Å². The molecule has 2 rings (SSSR count). The Morgan fingerprint density at radius 3 is 2.60 bits per heavy atom. The lowest BCUT2D eigenvalue weighted by Gasteiger charge is -2.32. The van der Waals surface area contributed by atoms with Gasteiger partial charge in [0.1, 0.15) is 5.75 Å². The van der Waals surface area contributed by atoms with Gasteiger partial charge in [0.25, 0.3) is 0 Å². The van der Waals surface area contributed by atoms with Crippen molar-refractivity contribution in [2.45, 2.75) is 53.9 Å². The van der Waals surface area contributed by atoms with E-state index in [0.29, 0.717) is 10.7 Å². The minimum absolute atomic E-state index is 0.0577. The Hall–Kier alpha value is -2.52. The third-order valence-corrected chi connectivity index (χ3v) is 5.66. The summed E-state index contributed by atoms with van der Waals surface area (Å²) in [5.41, 5.74) is 5.62. The van der Waals surface area contributed by atoms with Gasteiger partial charge in [-0.1, -0.05) is 67.0 Å². The van der Waals surface area contributed by atoms with Crippen molar-refractivity contribution in [1.29, 1.82) is 0 Å². The fourth-order valence-corrected chi connectivity index (χ4v) is 3.88. The summed E-state index contributed by atoms with van der Waals surface area (Å²) < 4.78 is 0. The molecule has 0 aromatic heterocycles. The summed E-state index contributed by atoms with van der Waals surface area (Å²) in [4.78, 5) is 12.2. The van der Waals surface area contributed by atoms with Gasteiger partial charge in [-0.05, 0) is 68.7 Å². The third-order valence-electron chi connectivity index (χ3n) is 5.34. The first-order valence-electron chi connectivity index (χ1n) is 10.3. The molecule has 1 aromatic rings. The molecule has 0 radical (unpaired) electrons. The number of nitrogens with one attached hydrogen (secondary N) is 1. The van der Waals surface area contributed by atoms with E-state index in [1.807, 2.05) is 25.2 Å². The lowest BCUT2D eigenvalue weighted by molar-refractivity contribution is -0.111.